The predicted molar refractivity (Wildman–Crippen MR) is 137 cm³/mol. The average molecular weight is 496 g/mol. The van der Waals surface area contributed by atoms with Crippen LogP contribution in [-0.4, -0.2) is 46.2 Å². The summed E-state index contributed by atoms with van der Waals surface area (Å²) < 4.78 is 0. The number of nitrogens with zero attached hydrogens (tertiary/aromatic N) is 3. The Morgan fingerprint density at radius 1 is 1.05 bits per heavy atom. The predicted octanol–water partition coefficient (Wildman–Crippen LogP) is 3.84. The van der Waals surface area contributed by atoms with E-state index in [1.165, 1.54) is 18.3 Å². The van der Waals surface area contributed by atoms with E-state index in [4.69, 9.17) is 5.26 Å². The average Bonchev–Trinajstić information content (AvgIpc) is 2.86. The smallest absolute Gasteiger partial charge is 0.230 e. The molecule has 188 valence electrons. The van der Waals surface area contributed by atoms with Gasteiger partial charge in [0, 0.05) is 37.7 Å². The molecule has 2 heterocycles. The third-order valence-corrected chi connectivity index (χ3v) is 7.56. The molecule has 1 aromatic heterocycles. The molecule has 1 spiro atoms. The first-order valence-electron chi connectivity index (χ1n) is 12.4. The number of piperidine rings is 1. The highest BCUT2D eigenvalue weighted by molar-refractivity contribution is 6.11. The fraction of sp³-hybridized carbons (Fsp3) is 0.400. The van der Waals surface area contributed by atoms with Gasteiger partial charge in [0.2, 0.25) is 5.91 Å². The van der Waals surface area contributed by atoms with Crippen molar-refractivity contribution in [3.63, 3.8) is 0 Å². The summed E-state index contributed by atoms with van der Waals surface area (Å²) in [4.78, 5) is 57.6. The van der Waals surface area contributed by atoms with E-state index in [1.54, 1.807) is 11.8 Å². The standard InChI is InChI=1S/C30H29N3O4/c1-4-5-21-12-19(2)28(20(3)13-21)29-25(35)15-30(16-26(29)36)8-10-33(11-9-30)27(37)14-24(34)23-7-6-22(17-31)18-32-23/h6-7,12-13,18,29H,8-11,14-16H2,1-3H3. The number of carbonyl (C=O) groups is 4. The van der Waals surface area contributed by atoms with E-state index in [0.717, 1.165) is 22.3 Å². The number of rotatable bonds is 4. The third-order valence-electron chi connectivity index (χ3n) is 7.56. The number of hydrogen-bond donors (Lipinski definition) is 0. The molecule has 2 aliphatic rings. The molecule has 0 N–H and O–H groups in total. The fourth-order valence-corrected chi connectivity index (χ4v) is 5.70. The van der Waals surface area contributed by atoms with Crippen LogP contribution in [-0.2, 0) is 14.4 Å². The minimum absolute atomic E-state index is 0.0568. The number of nitriles is 1. The van der Waals surface area contributed by atoms with Gasteiger partial charge in [0.15, 0.2) is 5.78 Å². The number of amides is 1. The molecule has 2 fully saturated rings. The second kappa shape index (κ2) is 10.5. The molecule has 0 unspecified atom stereocenters. The van der Waals surface area contributed by atoms with E-state index in [-0.39, 0.29) is 29.6 Å². The molecule has 0 atom stereocenters. The number of Topliss-reactive ketones (excluding diaryl/α,β-unsaturated/α-hetero) is 3. The van der Waals surface area contributed by atoms with Gasteiger partial charge in [0.1, 0.15) is 29.2 Å². The molecule has 4 rings (SSSR count). The lowest BCUT2D eigenvalue weighted by Crippen LogP contribution is -2.48. The van der Waals surface area contributed by atoms with E-state index < -0.39 is 17.1 Å². The highest BCUT2D eigenvalue weighted by atomic mass is 16.2. The Balaban J connectivity index is 1.40. The van der Waals surface area contributed by atoms with Crippen molar-refractivity contribution in [2.75, 3.05) is 13.1 Å². The van der Waals surface area contributed by atoms with Crippen LogP contribution in [0.2, 0.25) is 0 Å². The zero-order chi connectivity index (χ0) is 26.7. The van der Waals surface area contributed by atoms with Gasteiger partial charge in [-0.2, -0.15) is 5.26 Å². The van der Waals surface area contributed by atoms with Crippen LogP contribution >= 0.6 is 0 Å². The van der Waals surface area contributed by atoms with Crippen LogP contribution in [0.5, 0.6) is 0 Å². The number of likely N-dealkylation sites (tertiary alicyclic amines) is 1. The SMILES string of the molecule is CC#Cc1cc(C)c(C2C(=O)CC3(CCN(C(=O)CC(=O)c4ccc(C#N)cn4)CC3)CC2=O)c(C)c1. The van der Waals surface area contributed by atoms with Gasteiger partial charge in [0.05, 0.1) is 12.0 Å². The number of carbonyl (C=O) groups excluding carboxylic acids is 4. The van der Waals surface area contributed by atoms with Crippen molar-refractivity contribution in [3.05, 3.63) is 64.0 Å². The van der Waals surface area contributed by atoms with Gasteiger partial charge < -0.3 is 4.90 Å². The number of benzene rings is 1. The molecule has 0 bridgehead atoms. The molecule has 1 amide bonds. The van der Waals surface area contributed by atoms with Crippen LogP contribution in [0.15, 0.2) is 30.5 Å². The van der Waals surface area contributed by atoms with Crippen molar-refractivity contribution in [2.24, 2.45) is 5.41 Å². The number of ketones is 3. The molecule has 1 saturated carbocycles. The lowest BCUT2D eigenvalue weighted by molar-refractivity contribution is -0.140. The van der Waals surface area contributed by atoms with Gasteiger partial charge in [-0.3, -0.25) is 24.2 Å². The van der Waals surface area contributed by atoms with Gasteiger partial charge >= 0.3 is 0 Å². The second-order valence-corrected chi connectivity index (χ2v) is 10.1. The van der Waals surface area contributed by atoms with E-state index in [9.17, 15) is 19.2 Å². The minimum atomic E-state index is -0.744. The second-order valence-electron chi connectivity index (χ2n) is 10.1. The van der Waals surface area contributed by atoms with Gasteiger partial charge in [-0.05, 0) is 80.0 Å². The number of pyridine rings is 1. The Bertz CT molecular complexity index is 1340. The van der Waals surface area contributed by atoms with Crippen LogP contribution in [0, 0.1) is 42.4 Å². The molecule has 37 heavy (non-hydrogen) atoms. The topological polar surface area (TPSA) is 108 Å². The van der Waals surface area contributed by atoms with Crippen LogP contribution in [0.1, 0.15) is 83.3 Å². The van der Waals surface area contributed by atoms with Crippen molar-refractivity contribution < 1.29 is 19.2 Å². The highest BCUT2D eigenvalue weighted by Gasteiger charge is 2.47. The van der Waals surface area contributed by atoms with Crippen molar-refractivity contribution >= 4 is 23.3 Å². The maximum atomic E-state index is 13.4. The fourth-order valence-electron chi connectivity index (χ4n) is 5.70. The molecule has 7 nitrogen and oxygen atoms in total. The van der Waals surface area contributed by atoms with Crippen molar-refractivity contribution in [1.82, 2.24) is 9.88 Å². The summed E-state index contributed by atoms with van der Waals surface area (Å²) in [5, 5.41) is 8.86. The van der Waals surface area contributed by atoms with Crippen LogP contribution in [0.4, 0.5) is 0 Å². The van der Waals surface area contributed by atoms with Crippen molar-refractivity contribution in [3.8, 4) is 17.9 Å². The Morgan fingerprint density at radius 3 is 2.19 bits per heavy atom. The van der Waals surface area contributed by atoms with E-state index in [2.05, 4.69) is 16.8 Å². The minimum Gasteiger partial charge on any atom is -0.342 e. The van der Waals surface area contributed by atoms with Crippen LogP contribution < -0.4 is 0 Å². The summed E-state index contributed by atoms with van der Waals surface area (Å²) in [6.07, 6.45) is 2.74. The van der Waals surface area contributed by atoms with Crippen LogP contribution in [0.25, 0.3) is 0 Å². The van der Waals surface area contributed by atoms with Crippen molar-refractivity contribution in [2.45, 2.75) is 58.8 Å². The van der Waals surface area contributed by atoms with Gasteiger partial charge in [-0.1, -0.05) is 5.92 Å². The molecular weight excluding hydrogens is 466 g/mol. The summed E-state index contributed by atoms with van der Waals surface area (Å²) >= 11 is 0. The Morgan fingerprint density at radius 2 is 1.68 bits per heavy atom. The van der Waals surface area contributed by atoms with E-state index in [0.29, 0.717) is 44.3 Å². The molecule has 7 heteroatoms. The molecule has 1 aromatic carbocycles. The Labute approximate surface area is 216 Å². The first-order valence-corrected chi connectivity index (χ1v) is 12.4. The summed E-state index contributed by atoms with van der Waals surface area (Å²) in [6, 6.07) is 8.75. The zero-order valence-corrected chi connectivity index (χ0v) is 21.4. The normalized spacial score (nSPS) is 17.2. The molecular formula is C30H29N3O4. The monoisotopic (exact) mass is 495 g/mol. The van der Waals surface area contributed by atoms with Crippen LogP contribution in [0.3, 0.4) is 0 Å². The molecule has 0 radical (unpaired) electrons. The number of aromatic nitrogens is 1. The van der Waals surface area contributed by atoms with Gasteiger partial charge in [0.25, 0.3) is 0 Å². The van der Waals surface area contributed by atoms with Crippen molar-refractivity contribution in [1.29, 1.82) is 5.26 Å². The first kappa shape index (κ1) is 26.0. The van der Waals surface area contributed by atoms with E-state index in [1.807, 2.05) is 32.0 Å². The molecule has 1 aliphatic heterocycles. The van der Waals surface area contributed by atoms with Gasteiger partial charge in [-0.25, -0.2) is 0 Å². The summed E-state index contributed by atoms with van der Waals surface area (Å²) in [5.41, 5.74) is 3.54. The summed E-state index contributed by atoms with van der Waals surface area (Å²) in [5.74, 6) is 4.37. The van der Waals surface area contributed by atoms with Gasteiger partial charge in [-0.15, -0.1) is 5.92 Å². The van der Waals surface area contributed by atoms with E-state index >= 15 is 0 Å². The summed E-state index contributed by atoms with van der Waals surface area (Å²) in [7, 11) is 0. The molecule has 2 aromatic rings. The Kier molecular flexibility index (Phi) is 7.36. The molecule has 1 aliphatic carbocycles. The largest absolute Gasteiger partial charge is 0.342 e. The highest BCUT2D eigenvalue weighted by Crippen LogP contribution is 2.46. The quantitative estimate of drug-likeness (QED) is 0.362. The molecule has 1 saturated heterocycles. The maximum Gasteiger partial charge on any atom is 0.230 e. The maximum absolute atomic E-state index is 13.4. The first-order chi connectivity index (χ1) is 17.7. The lowest BCUT2D eigenvalue weighted by Gasteiger charge is -2.44. The Hall–Kier alpha value is -4.10. The zero-order valence-electron chi connectivity index (χ0n) is 21.4. The third kappa shape index (κ3) is 5.37. The number of aryl methyl sites for hydroxylation is 2. The number of hydrogen-bond acceptors (Lipinski definition) is 6. The lowest BCUT2D eigenvalue weighted by atomic mass is 9.62. The summed E-state index contributed by atoms with van der Waals surface area (Å²) in [6.45, 7) is 6.43.